The van der Waals surface area contributed by atoms with E-state index < -0.39 is 6.43 Å². The van der Waals surface area contributed by atoms with Gasteiger partial charge in [0.25, 0.3) is 6.43 Å². The van der Waals surface area contributed by atoms with Crippen LogP contribution in [0.15, 0.2) is 10.6 Å². The number of aryl methyl sites for hydroxylation is 1. The first kappa shape index (κ1) is 10.1. The van der Waals surface area contributed by atoms with Crippen molar-refractivity contribution < 1.29 is 13.3 Å². The molecule has 0 atom stereocenters. The van der Waals surface area contributed by atoms with Crippen molar-refractivity contribution >= 4 is 0 Å². The van der Waals surface area contributed by atoms with Gasteiger partial charge >= 0.3 is 0 Å². The highest BCUT2D eigenvalue weighted by Crippen LogP contribution is 2.16. The number of alkyl halides is 2. The van der Waals surface area contributed by atoms with Crippen LogP contribution in [0, 0.1) is 6.92 Å². The molecule has 1 heterocycles. The average Bonchev–Trinajstić information content (AvgIpc) is 2.40. The second-order valence-corrected chi connectivity index (χ2v) is 1.66. The van der Waals surface area contributed by atoms with Gasteiger partial charge in [0.15, 0.2) is 0 Å². The Morgan fingerprint density at radius 3 is 2.18 bits per heavy atom. The first-order chi connectivity index (χ1) is 5.20. The van der Waals surface area contributed by atoms with Crippen molar-refractivity contribution in [1.82, 2.24) is 5.16 Å². The van der Waals surface area contributed by atoms with E-state index in [1.54, 1.807) is 6.92 Å². The molecule has 0 amide bonds. The van der Waals surface area contributed by atoms with Crippen LogP contribution in [0.3, 0.4) is 0 Å². The summed E-state index contributed by atoms with van der Waals surface area (Å²) in [5.41, 5.74) is -0.299. The van der Waals surface area contributed by atoms with E-state index in [0.717, 1.165) is 0 Å². The third-order valence-corrected chi connectivity index (χ3v) is 0.870. The second-order valence-electron chi connectivity index (χ2n) is 1.66. The molecule has 2 nitrogen and oxygen atoms in total. The Kier molecular flexibility index (Phi) is 4.41. The molecule has 64 valence electrons. The van der Waals surface area contributed by atoms with Crippen molar-refractivity contribution in [2.24, 2.45) is 0 Å². The molecule has 0 N–H and O–H groups in total. The Morgan fingerprint density at radius 1 is 1.45 bits per heavy atom. The van der Waals surface area contributed by atoms with Crippen LogP contribution in [0.1, 0.15) is 31.7 Å². The van der Waals surface area contributed by atoms with Crippen LogP contribution in [0.4, 0.5) is 8.78 Å². The topological polar surface area (TPSA) is 26.0 Å². The number of hydrogen-bond acceptors (Lipinski definition) is 2. The molecule has 0 unspecified atom stereocenters. The van der Waals surface area contributed by atoms with E-state index in [2.05, 4.69) is 9.68 Å². The zero-order valence-electron chi connectivity index (χ0n) is 6.77. The van der Waals surface area contributed by atoms with Gasteiger partial charge in [-0.05, 0) is 6.92 Å². The van der Waals surface area contributed by atoms with Gasteiger partial charge in [-0.15, -0.1) is 0 Å². The third kappa shape index (κ3) is 3.11. The highest BCUT2D eigenvalue weighted by atomic mass is 19.3. The fourth-order valence-electron chi connectivity index (χ4n) is 0.488. The van der Waals surface area contributed by atoms with Crippen molar-refractivity contribution in [3.8, 4) is 0 Å². The summed E-state index contributed by atoms with van der Waals surface area (Å²) in [7, 11) is 0. The molecule has 11 heavy (non-hydrogen) atoms. The van der Waals surface area contributed by atoms with E-state index >= 15 is 0 Å². The maximum absolute atomic E-state index is 11.7. The van der Waals surface area contributed by atoms with Crippen LogP contribution in [0.2, 0.25) is 0 Å². The number of hydrogen-bond donors (Lipinski definition) is 0. The van der Waals surface area contributed by atoms with Gasteiger partial charge in [-0.25, -0.2) is 8.78 Å². The molecule has 0 saturated carbocycles. The Morgan fingerprint density at radius 2 is 2.00 bits per heavy atom. The van der Waals surface area contributed by atoms with Gasteiger partial charge in [0, 0.05) is 6.07 Å². The average molecular weight is 163 g/mol. The molecular weight excluding hydrogens is 152 g/mol. The lowest BCUT2D eigenvalue weighted by Crippen LogP contribution is -1.80. The Balaban J connectivity index is 0.000000461. The van der Waals surface area contributed by atoms with Gasteiger partial charge in [0.05, 0.1) is 0 Å². The minimum atomic E-state index is -2.53. The summed E-state index contributed by atoms with van der Waals surface area (Å²) in [6.45, 7) is 5.57. The van der Waals surface area contributed by atoms with E-state index in [1.807, 2.05) is 13.8 Å². The lowest BCUT2D eigenvalue weighted by Gasteiger charge is -1.84. The molecule has 0 aliphatic rings. The summed E-state index contributed by atoms with van der Waals surface area (Å²) in [6, 6.07) is 1.21. The molecule has 0 bridgehead atoms. The van der Waals surface area contributed by atoms with Crippen LogP contribution >= 0.6 is 0 Å². The zero-order valence-corrected chi connectivity index (χ0v) is 6.77. The molecule has 0 aromatic carbocycles. The first-order valence-corrected chi connectivity index (χ1v) is 3.41. The van der Waals surface area contributed by atoms with Gasteiger partial charge < -0.3 is 4.52 Å². The van der Waals surface area contributed by atoms with Crippen molar-refractivity contribution in [3.05, 3.63) is 17.5 Å². The molecule has 0 radical (unpaired) electrons. The second kappa shape index (κ2) is 4.82. The molecule has 0 aliphatic heterocycles. The van der Waals surface area contributed by atoms with Gasteiger partial charge in [-0.3, -0.25) is 0 Å². The van der Waals surface area contributed by atoms with E-state index in [0.29, 0.717) is 5.76 Å². The third-order valence-electron chi connectivity index (χ3n) is 0.870. The molecule has 0 saturated heterocycles. The summed E-state index contributed by atoms with van der Waals surface area (Å²) in [5, 5.41) is 3.09. The minimum absolute atomic E-state index is 0.299. The zero-order chi connectivity index (χ0) is 8.85. The predicted octanol–water partition coefficient (Wildman–Crippen LogP) is 2.95. The smallest absolute Gasteiger partial charge is 0.283 e. The van der Waals surface area contributed by atoms with Crippen molar-refractivity contribution in [2.45, 2.75) is 27.2 Å². The molecular formula is C7H11F2NO. The first-order valence-electron chi connectivity index (χ1n) is 3.41. The highest BCUT2D eigenvalue weighted by Gasteiger charge is 2.10. The fraction of sp³-hybridized carbons (Fsp3) is 0.571. The molecule has 0 fully saturated rings. The molecule has 1 aromatic rings. The number of aromatic nitrogens is 1. The number of nitrogens with zero attached hydrogens (tertiary/aromatic N) is 1. The molecule has 1 aromatic heterocycles. The molecule has 4 heteroatoms. The molecule has 1 rings (SSSR count). The summed E-state index contributed by atoms with van der Waals surface area (Å²) in [5.74, 6) is 0.408. The van der Waals surface area contributed by atoms with E-state index in [9.17, 15) is 8.78 Å². The summed E-state index contributed by atoms with van der Waals surface area (Å²) in [4.78, 5) is 0. The largest absolute Gasteiger partial charge is 0.361 e. The maximum atomic E-state index is 11.7. The predicted molar refractivity (Wildman–Crippen MR) is 37.5 cm³/mol. The quantitative estimate of drug-likeness (QED) is 0.636. The normalized spacial score (nSPS) is 9.27. The van der Waals surface area contributed by atoms with Crippen molar-refractivity contribution in [1.29, 1.82) is 0 Å². The monoisotopic (exact) mass is 163 g/mol. The van der Waals surface area contributed by atoms with Gasteiger partial charge in [0.1, 0.15) is 11.5 Å². The molecule has 0 aliphatic carbocycles. The lowest BCUT2D eigenvalue weighted by molar-refractivity contribution is 0.140. The Hall–Kier alpha value is -0.930. The minimum Gasteiger partial charge on any atom is -0.361 e. The van der Waals surface area contributed by atoms with E-state index in [1.165, 1.54) is 6.07 Å². The van der Waals surface area contributed by atoms with Crippen LogP contribution in [0.5, 0.6) is 0 Å². The lowest BCUT2D eigenvalue weighted by atomic mass is 10.4. The highest BCUT2D eigenvalue weighted by molar-refractivity contribution is 5.04. The summed E-state index contributed by atoms with van der Waals surface area (Å²) in [6.07, 6.45) is -2.53. The summed E-state index contributed by atoms with van der Waals surface area (Å²) >= 11 is 0. The standard InChI is InChI=1S/C5H5F2NO.C2H6/c1-3-2-4(5(6)7)8-9-3;1-2/h2,5H,1H3;1-2H3. The Labute approximate surface area is 64.2 Å². The van der Waals surface area contributed by atoms with Crippen molar-refractivity contribution in [2.75, 3.05) is 0 Å². The Bertz CT molecular complexity index is 198. The fourth-order valence-corrected chi connectivity index (χ4v) is 0.488. The number of halogens is 2. The summed E-state index contributed by atoms with van der Waals surface area (Å²) < 4.78 is 27.7. The van der Waals surface area contributed by atoms with E-state index in [-0.39, 0.29) is 5.69 Å². The van der Waals surface area contributed by atoms with Gasteiger partial charge in [-0.2, -0.15) is 0 Å². The van der Waals surface area contributed by atoms with Crippen LogP contribution in [-0.2, 0) is 0 Å². The van der Waals surface area contributed by atoms with E-state index in [4.69, 9.17) is 0 Å². The van der Waals surface area contributed by atoms with Crippen LogP contribution < -0.4 is 0 Å². The van der Waals surface area contributed by atoms with Crippen molar-refractivity contribution in [3.63, 3.8) is 0 Å². The van der Waals surface area contributed by atoms with Crippen LogP contribution in [-0.4, -0.2) is 5.16 Å². The molecule has 0 spiro atoms. The van der Waals surface area contributed by atoms with Gasteiger partial charge in [-0.1, -0.05) is 19.0 Å². The SMILES string of the molecule is CC.Cc1cc(C(F)F)no1. The van der Waals surface area contributed by atoms with Crippen LogP contribution in [0.25, 0.3) is 0 Å². The maximum Gasteiger partial charge on any atom is 0.283 e. The van der Waals surface area contributed by atoms with Gasteiger partial charge in [0.2, 0.25) is 0 Å². The number of rotatable bonds is 1.